The van der Waals surface area contributed by atoms with Crippen LogP contribution in [0.1, 0.15) is 6.92 Å². The second kappa shape index (κ2) is 6.57. The lowest BCUT2D eigenvalue weighted by Gasteiger charge is -2.11. The second-order valence-corrected chi connectivity index (χ2v) is 4.02. The van der Waals surface area contributed by atoms with Gasteiger partial charge in [-0.25, -0.2) is 9.48 Å². The molecule has 1 amide bonds. The molecule has 0 spiro atoms. The largest absolute Gasteiger partial charge is 0.464 e. The summed E-state index contributed by atoms with van der Waals surface area (Å²) in [5.74, 6) is -1.40. The number of rotatable bonds is 5. The van der Waals surface area contributed by atoms with Crippen LogP contribution in [0.15, 0.2) is 30.6 Å². The molecule has 0 bridgehead atoms. The smallest absolute Gasteiger partial charge is 0.332 e. The Kier molecular flexibility index (Phi) is 4.57. The number of nitrogens with two attached hydrogens (primary N) is 1. The highest BCUT2D eigenvalue weighted by atomic mass is 16.5. The number of carbonyl (C=O) groups is 2. The Balaban J connectivity index is 2.00. The maximum atomic E-state index is 11.8. The third-order valence-corrected chi connectivity index (χ3v) is 2.57. The van der Waals surface area contributed by atoms with Crippen molar-refractivity contribution in [1.82, 2.24) is 20.2 Å². The molecule has 2 rings (SSSR count). The van der Waals surface area contributed by atoms with Crippen LogP contribution in [0.25, 0.3) is 5.69 Å². The lowest BCUT2D eigenvalue weighted by atomic mass is 10.2. The zero-order valence-corrected chi connectivity index (χ0v) is 11.3. The summed E-state index contributed by atoms with van der Waals surface area (Å²) in [6.07, 6.45) is 1.45. The average molecular weight is 290 g/mol. The fourth-order valence-corrected chi connectivity index (χ4v) is 1.54. The molecule has 1 aromatic heterocycles. The van der Waals surface area contributed by atoms with Crippen molar-refractivity contribution in [1.29, 1.82) is 0 Å². The predicted octanol–water partition coefficient (Wildman–Crippen LogP) is -0.509. The monoisotopic (exact) mass is 290 g/mol. The molecule has 0 radical (unpaired) electrons. The highest BCUT2D eigenvalue weighted by Crippen LogP contribution is 2.12. The third-order valence-electron chi connectivity index (χ3n) is 2.57. The molecule has 0 aliphatic rings. The number of ether oxygens (including phenoxy) is 1. The summed E-state index contributed by atoms with van der Waals surface area (Å²) in [6, 6.07) is 5.35. The van der Waals surface area contributed by atoms with Crippen molar-refractivity contribution in [3.05, 3.63) is 30.6 Å². The number of anilines is 1. The summed E-state index contributed by atoms with van der Waals surface area (Å²) < 4.78 is 6.15. The number of nitrogens with zero attached hydrogens (tertiary/aromatic N) is 4. The van der Waals surface area contributed by atoms with Crippen LogP contribution in [0.3, 0.4) is 0 Å². The van der Waals surface area contributed by atoms with Crippen LogP contribution in [-0.4, -0.2) is 44.7 Å². The van der Waals surface area contributed by atoms with Gasteiger partial charge in [0.1, 0.15) is 6.33 Å². The van der Waals surface area contributed by atoms with Crippen molar-refractivity contribution < 1.29 is 14.3 Å². The van der Waals surface area contributed by atoms with E-state index in [2.05, 4.69) is 25.6 Å². The van der Waals surface area contributed by atoms with Crippen LogP contribution in [0.4, 0.5) is 5.69 Å². The number of hydrogen-bond acceptors (Lipinski definition) is 7. The minimum absolute atomic E-state index is 0.167. The number of amides is 1. The fourth-order valence-electron chi connectivity index (χ4n) is 1.54. The van der Waals surface area contributed by atoms with Crippen molar-refractivity contribution in [2.45, 2.75) is 13.0 Å². The molecule has 3 N–H and O–H groups in total. The van der Waals surface area contributed by atoms with E-state index < -0.39 is 17.9 Å². The first-order chi connectivity index (χ1) is 10.1. The molecule has 1 heterocycles. The van der Waals surface area contributed by atoms with Gasteiger partial charge in [-0.2, -0.15) is 0 Å². The Bertz CT molecular complexity index is 610. The Morgan fingerprint density at radius 2 is 2.10 bits per heavy atom. The molecule has 21 heavy (non-hydrogen) atoms. The first-order valence-electron chi connectivity index (χ1n) is 6.18. The predicted molar refractivity (Wildman–Crippen MR) is 72.4 cm³/mol. The minimum Gasteiger partial charge on any atom is -0.464 e. The molecule has 9 nitrogen and oxygen atoms in total. The van der Waals surface area contributed by atoms with E-state index in [1.165, 1.54) is 11.0 Å². The van der Waals surface area contributed by atoms with Gasteiger partial charge in [-0.15, -0.1) is 5.10 Å². The molecule has 0 saturated carbocycles. The number of nitrogens with one attached hydrogen (secondary N) is 1. The molecule has 1 aromatic carbocycles. The Morgan fingerprint density at radius 1 is 1.38 bits per heavy atom. The van der Waals surface area contributed by atoms with Crippen LogP contribution >= 0.6 is 0 Å². The Morgan fingerprint density at radius 3 is 2.67 bits per heavy atom. The quantitative estimate of drug-likeness (QED) is 0.561. The molecule has 9 heteroatoms. The topological polar surface area (TPSA) is 125 Å². The van der Waals surface area contributed by atoms with E-state index in [4.69, 9.17) is 5.73 Å². The van der Waals surface area contributed by atoms with Crippen LogP contribution < -0.4 is 11.1 Å². The Labute approximate surface area is 120 Å². The molecule has 1 atom stereocenters. The second-order valence-electron chi connectivity index (χ2n) is 4.02. The van der Waals surface area contributed by atoms with Crippen molar-refractivity contribution in [3.63, 3.8) is 0 Å². The lowest BCUT2D eigenvalue weighted by Crippen LogP contribution is -2.43. The van der Waals surface area contributed by atoms with Crippen molar-refractivity contribution >= 4 is 17.6 Å². The number of carbonyl (C=O) groups excluding carboxylic acids is 2. The molecule has 0 saturated heterocycles. The van der Waals surface area contributed by atoms with Crippen LogP contribution in [0, 0.1) is 0 Å². The van der Waals surface area contributed by atoms with E-state index >= 15 is 0 Å². The third kappa shape index (κ3) is 3.60. The van der Waals surface area contributed by atoms with Crippen molar-refractivity contribution in [2.24, 2.45) is 5.73 Å². The summed E-state index contributed by atoms with van der Waals surface area (Å²) in [4.78, 5) is 23.1. The number of hydrogen-bond donors (Lipinski definition) is 2. The van der Waals surface area contributed by atoms with Crippen molar-refractivity contribution in [3.8, 4) is 5.69 Å². The summed E-state index contributed by atoms with van der Waals surface area (Å²) in [5, 5.41) is 13.3. The first kappa shape index (κ1) is 14.6. The van der Waals surface area contributed by atoms with Gasteiger partial charge in [0.15, 0.2) is 6.04 Å². The highest BCUT2D eigenvalue weighted by Gasteiger charge is 2.23. The van der Waals surface area contributed by atoms with Crippen LogP contribution in [-0.2, 0) is 14.3 Å². The standard InChI is InChI=1S/C12H14N6O3/c1-2-21-12(20)10(13)11(19)15-8-3-5-9(6-4-8)18-7-14-16-17-18/h3-7,10H,2,13H2,1H3,(H,15,19). The summed E-state index contributed by atoms with van der Waals surface area (Å²) in [6.45, 7) is 1.81. The van der Waals surface area contributed by atoms with Gasteiger partial charge in [-0.3, -0.25) is 4.79 Å². The van der Waals surface area contributed by atoms with E-state index in [-0.39, 0.29) is 6.61 Å². The molecular formula is C12H14N6O3. The lowest BCUT2D eigenvalue weighted by molar-refractivity contribution is -0.146. The van der Waals surface area contributed by atoms with E-state index in [0.29, 0.717) is 5.69 Å². The molecule has 110 valence electrons. The normalized spacial score (nSPS) is 11.7. The van der Waals surface area contributed by atoms with Gasteiger partial charge in [0.05, 0.1) is 12.3 Å². The van der Waals surface area contributed by atoms with Crippen LogP contribution in [0.5, 0.6) is 0 Å². The number of esters is 1. The molecule has 1 unspecified atom stereocenters. The summed E-state index contributed by atoms with van der Waals surface area (Å²) in [7, 11) is 0. The molecular weight excluding hydrogens is 276 g/mol. The molecule has 0 aliphatic carbocycles. The highest BCUT2D eigenvalue weighted by molar-refractivity contribution is 6.08. The number of benzene rings is 1. The average Bonchev–Trinajstić information content (AvgIpc) is 3.01. The van der Waals surface area contributed by atoms with Gasteiger partial charge in [-0.1, -0.05) is 0 Å². The number of aromatic nitrogens is 4. The van der Waals surface area contributed by atoms with Crippen LogP contribution in [0.2, 0.25) is 0 Å². The van der Waals surface area contributed by atoms with Gasteiger partial charge in [0.2, 0.25) is 0 Å². The zero-order chi connectivity index (χ0) is 15.2. The van der Waals surface area contributed by atoms with E-state index in [1.807, 2.05) is 0 Å². The van der Waals surface area contributed by atoms with Gasteiger partial charge in [0, 0.05) is 5.69 Å². The van der Waals surface area contributed by atoms with E-state index in [1.54, 1.807) is 31.2 Å². The van der Waals surface area contributed by atoms with Gasteiger partial charge in [0.25, 0.3) is 5.91 Å². The summed E-state index contributed by atoms with van der Waals surface area (Å²) >= 11 is 0. The van der Waals surface area contributed by atoms with E-state index in [0.717, 1.165) is 5.69 Å². The molecule has 0 aliphatic heterocycles. The Hall–Kier alpha value is -2.81. The SMILES string of the molecule is CCOC(=O)C(N)C(=O)Nc1ccc(-n2cnnn2)cc1. The van der Waals surface area contributed by atoms with Gasteiger partial charge < -0.3 is 15.8 Å². The molecule has 2 aromatic rings. The first-order valence-corrected chi connectivity index (χ1v) is 6.18. The summed E-state index contributed by atoms with van der Waals surface area (Å²) in [5.41, 5.74) is 6.71. The fraction of sp³-hybridized carbons (Fsp3) is 0.250. The molecule has 0 fully saturated rings. The number of tetrazole rings is 1. The van der Waals surface area contributed by atoms with E-state index in [9.17, 15) is 9.59 Å². The van der Waals surface area contributed by atoms with Gasteiger partial charge in [-0.05, 0) is 41.6 Å². The minimum atomic E-state index is -1.36. The maximum absolute atomic E-state index is 11.8. The van der Waals surface area contributed by atoms with Crippen molar-refractivity contribution in [2.75, 3.05) is 11.9 Å². The van der Waals surface area contributed by atoms with Gasteiger partial charge >= 0.3 is 5.97 Å². The zero-order valence-electron chi connectivity index (χ0n) is 11.3. The maximum Gasteiger partial charge on any atom is 0.332 e.